The van der Waals surface area contributed by atoms with E-state index in [1.54, 1.807) is 0 Å². The lowest BCUT2D eigenvalue weighted by atomic mass is 9.94. The first-order valence-electron chi connectivity index (χ1n) is 10.6. The zero-order valence-electron chi connectivity index (χ0n) is 19.4. The maximum atomic E-state index is 6.22. The largest absolute Gasteiger partial charge is 0.384 e. The van der Waals surface area contributed by atoms with Crippen LogP contribution in [-0.4, -0.2) is 12.4 Å². The number of rotatable bonds is 9. The van der Waals surface area contributed by atoms with E-state index in [1.807, 2.05) is 58.9 Å². The Balaban J connectivity index is 0.00000379. The molecule has 0 saturated heterocycles. The lowest BCUT2D eigenvalue weighted by Gasteiger charge is -2.11. The van der Waals surface area contributed by atoms with E-state index < -0.39 is 0 Å². The SMILES string of the molecule is C=C(C)/C=C(/C)C(=C)C(/C=C(\C)C(N)=NCCCCC)=c1\ccccc1=C.CC. The summed E-state index contributed by atoms with van der Waals surface area (Å²) in [5.74, 6) is 0.583. The van der Waals surface area contributed by atoms with Gasteiger partial charge in [0.25, 0.3) is 0 Å². The fourth-order valence-corrected chi connectivity index (χ4v) is 2.76. The fourth-order valence-electron chi connectivity index (χ4n) is 2.76. The van der Waals surface area contributed by atoms with Crippen LogP contribution >= 0.6 is 0 Å². The van der Waals surface area contributed by atoms with Crippen molar-refractivity contribution < 1.29 is 0 Å². The zero-order chi connectivity index (χ0) is 22.4. The number of aliphatic imine (C=N–C) groups is 1. The number of unbranched alkanes of at least 4 members (excludes halogenated alkanes) is 2. The minimum Gasteiger partial charge on any atom is -0.384 e. The molecule has 2 heteroatoms. The van der Waals surface area contributed by atoms with E-state index >= 15 is 0 Å². The summed E-state index contributed by atoms with van der Waals surface area (Å²) in [6.45, 7) is 25.4. The van der Waals surface area contributed by atoms with Crippen LogP contribution in [0.25, 0.3) is 12.2 Å². The molecule has 0 aliphatic carbocycles. The molecule has 158 valence electrons. The van der Waals surface area contributed by atoms with E-state index in [0.29, 0.717) is 5.84 Å². The van der Waals surface area contributed by atoms with Crippen molar-refractivity contribution in [3.05, 3.63) is 82.3 Å². The van der Waals surface area contributed by atoms with Crippen molar-refractivity contribution in [1.82, 2.24) is 0 Å². The van der Waals surface area contributed by atoms with Crippen molar-refractivity contribution in [2.75, 3.05) is 6.54 Å². The van der Waals surface area contributed by atoms with Gasteiger partial charge < -0.3 is 5.73 Å². The van der Waals surface area contributed by atoms with Gasteiger partial charge in [-0.2, -0.15) is 0 Å². The second kappa shape index (κ2) is 14.4. The maximum absolute atomic E-state index is 6.22. The van der Waals surface area contributed by atoms with Crippen LogP contribution < -0.4 is 16.2 Å². The third-order valence-corrected chi connectivity index (χ3v) is 4.38. The minimum atomic E-state index is 0.583. The number of nitrogens with zero attached hydrogens (tertiary/aromatic N) is 1. The summed E-state index contributed by atoms with van der Waals surface area (Å²) in [5, 5.41) is 2.01. The van der Waals surface area contributed by atoms with E-state index in [4.69, 9.17) is 5.73 Å². The van der Waals surface area contributed by atoms with Crippen LogP contribution in [0.15, 0.2) is 76.9 Å². The van der Waals surface area contributed by atoms with Crippen molar-refractivity contribution in [2.24, 2.45) is 10.7 Å². The van der Waals surface area contributed by atoms with Gasteiger partial charge in [-0.25, -0.2) is 0 Å². The predicted octanol–water partition coefficient (Wildman–Crippen LogP) is 5.85. The summed E-state index contributed by atoms with van der Waals surface area (Å²) in [7, 11) is 0. The highest BCUT2D eigenvalue weighted by molar-refractivity contribution is 5.99. The molecule has 0 unspecified atom stereocenters. The molecule has 1 aromatic carbocycles. The van der Waals surface area contributed by atoms with Gasteiger partial charge in [-0.15, -0.1) is 0 Å². The van der Waals surface area contributed by atoms with Gasteiger partial charge in [-0.3, -0.25) is 4.99 Å². The van der Waals surface area contributed by atoms with Gasteiger partial charge in [0.15, 0.2) is 0 Å². The van der Waals surface area contributed by atoms with Gasteiger partial charge in [-0.1, -0.05) is 89.3 Å². The molecule has 0 atom stereocenters. The highest BCUT2D eigenvalue weighted by Crippen LogP contribution is 2.21. The number of hydrogen-bond donors (Lipinski definition) is 1. The lowest BCUT2D eigenvalue weighted by Crippen LogP contribution is -2.26. The van der Waals surface area contributed by atoms with Crippen molar-refractivity contribution >= 4 is 18.0 Å². The number of nitrogens with two attached hydrogens (primary N) is 1. The van der Waals surface area contributed by atoms with Crippen molar-refractivity contribution in [2.45, 2.75) is 60.8 Å². The van der Waals surface area contributed by atoms with E-state index in [9.17, 15) is 0 Å². The molecule has 2 nitrogen and oxygen atoms in total. The Kier molecular flexibility index (Phi) is 13.1. The third-order valence-electron chi connectivity index (χ3n) is 4.38. The zero-order valence-corrected chi connectivity index (χ0v) is 19.4. The molecular formula is C27H40N2. The van der Waals surface area contributed by atoms with Gasteiger partial charge in [0.1, 0.15) is 5.84 Å². The highest BCUT2D eigenvalue weighted by atomic mass is 14.8. The first kappa shape index (κ1) is 26.4. The molecule has 0 bridgehead atoms. The van der Waals surface area contributed by atoms with E-state index in [-0.39, 0.29) is 0 Å². The molecule has 0 fully saturated rings. The first-order chi connectivity index (χ1) is 13.8. The topological polar surface area (TPSA) is 38.4 Å². The Hall–Kier alpha value is -2.61. The van der Waals surface area contributed by atoms with Crippen LogP contribution in [0.2, 0.25) is 0 Å². The summed E-state index contributed by atoms with van der Waals surface area (Å²) >= 11 is 0. The molecule has 0 aliphatic rings. The highest BCUT2D eigenvalue weighted by Gasteiger charge is 2.07. The summed E-state index contributed by atoms with van der Waals surface area (Å²) in [5.41, 5.74) is 11.2. The van der Waals surface area contributed by atoms with Crippen molar-refractivity contribution in [1.29, 1.82) is 0 Å². The van der Waals surface area contributed by atoms with Gasteiger partial charge in [-0.05, 0) is 66.0 Å². The van der Waals surface area contributed by atoms with Gasteiger partial charge in [0.05, 0.1) is 0 Å². The average molecular weight is 393 g/mol. The van der Waals surface area contributed by atoms with Crippen molar-refractivity contribution in [3.63, 3.8) is 0 Å². The smallest absolute Gasteiger partial charge is 0.121 e. The van der Waals surface area contributed by atoms with E-state index in [2.05, 4.69) is 43.8 Å². The Bertz CT molecular complexity index is 879. The van der Waals surface area contributed by atoms with Crippen molar-refractivity contribution in [3.8, 4) is 0 Å². The average Bonchev–Trinajstić information content (AvgIpc) is 2.70. The van der Waals surface area contributed by atoms with Crippen LogP contribution in [0, 0.1) is 0 Å². The minimum absolute atomic E-state index is 0.583. The second-order valence-corrected chi connectivity index (χ2v) is 7.02. The Morgan fingerprint density at radius 1 is 1.00 bits per heavy atom. The molecule has 0 heterocycles. The summed E-state index contributed by atoms with van der Waals surface area (Å²) in [6, 6.07) is 8.07. The molecule has 0 aliphatic heterocycles. The van der Waals surface area contributed by atoms with Gasteiger partial charge >= 0.3 is 0 Å². The van der Waals surface area contributed by atoms with Crippen LogP contribution in [0.1, 0.15) is 60.8 Å². The summed E-state index contributed by atoms with van der Waals surface area (Å²) in [4.78, 5) is 4.52. The van der Waals surface area contributed by atoms with E-state index in [0.717, 1.165) is 51.3 Å². The molecule has 29 heavy (non-hydrogen) atoms. The van der Waals surface area contributed by atoms with Crippen LogP contribution in [-0.2, 0) is 0 Å². The molecule has 0 radical (unpaired) electrons. The maximum Gasteiger partial charge on any atom is 0.121 e. The molecule has 0 spiro atoms. The number of allylic oxidation sites excluding steroid dienone is 5. The Morgan fingerprint density at radius 2 is 1.62 bits per heavy atom. The molecule has 0 saturated carbocycles. The predicted molar refractivity (Wildman–Crippen MR) is 133 cm³/mol. The van der Waals surface area contributed by atoms with Gasteiger partial charge in [0, 0.05) is 6.54 Å². The van der Waals surface area contributed by atoms with Crippen LogP contribution in [0.4, 0.5) is 0 Å². The van der Waals surface area contributed by atoms with Crippen LogP contribution in [0.5, 0.6) is 0 Å². The Morgan fingerprint density at radius 3 is 2.17 bits per heavy atom. The second-order valence-electron chi connectivity index (χ2n) is 7.02. The monoisotopic (exact) mass is 392 g/mol. The van der Waals surface area contributed by atoms with Crippen LogP contribution in [0.3, 0.4) is 0 Å². The lowest BCUT2D eigenvalue weighted by molar-refractivity contribution is 0.728. The summed E-state index contributed by atoms with van der Waals surface area (Å²) < 4.78 is 0. The van der Waals surface area contributed by atoms with E-state index in [1.165, 1.54) is 12.8 Å². The molecule has 0 aromatic heterocycles. The number of hydrogen-bond acceptors (Lipinski definition) is 1. The quantitative estimate of drug-likeness (QED) is 0.243. The molecule has 1 aromatic rings. The third kappa shape index (κ3) is 9.43. The Labute approximate surface area is 178 Å². The number of benzene rings is 1. The normalized spacial score (nSPS) is 13.4. The fraction of sp³-hybridized carbons (Fsp3) is 0.370. The first-order valence-corrected chi connectivity index (χ1v) is 10.6. The molecular weight excluding hydrogens is 352 g/mol. The standard InChI is InChI=1S/C25H34N2.C2H6/c1-8-9-12-15-27-25(26)21(6)17-24(22(7)20(5)16-18(2)3)23-14-11-10-13-19(23)4;1-2/h10-11,13-14,16-17H,2,4,7-9,12,15H2,1,3,5-6H3,(H2,26,27);1-2H3/b20-16-,21-17+,24-23+;. The summed E-state index contributed by atoms with van der Waals surface area (Å²) in [6.07, 6.45) is 7.53. The van der Waals surface area contributed by atoms with Gasteiger partial charge in [0.2, 0.25) is 0 Å². The molecule has 1 rings (SSSR count). The molecule has 0 amide bonds. The molecule has 2 N–H and O–H groups in total. The number of amidine groups is 1.